The van der Waals surface area contributed by atoms with Crippen LogP contribution in [0.5, 0.6) is 5.75 Å². The maximum atomic E-state index is 14.1. The van der Waals surface area contributed by atoms with Crippen molar-refractivity contribution in [1.29, 1.82) is 0 Å². The number of guanidine groups is 1. The van der Waals surface area contributed by atoms with E-state index in [9.17, 15) is 4.39 Å². The zero-order chi connectivity index (χ0) is 21.4. The van der Waals surface area contributed by atoms with Crippen LogP contribution < -0.4 is 10.5 Å². The number of benzene rings is 1. The quantitative estimate of drug-likeness (QED) is 0.470. The lowest BCUT2D eigenvalue weighted by molar-refractivity contribution is -0.0979. The number of nitrogens with zero attached hydrogens (tertiary/aromatic N) is 3. The van der Waals surface area contributed by atoms with Crippen molar-refractivity contribution in [2.24, 2.45) is 10.7 Å². The lowest BCUT2D eigenvalue weighted by Crippen LogP contribution is -2.33. The molecular weight excluding hydrogens is 375 g/mol. The van der Waals surface area contributed by atoms with E-state index >= 15 is 0 Å². The Morgan fingerprint density at radius 2 is 2.17 bits per heavy atom. The van der Waals surface area contributed by atoms with Crippen LogP contribution in [0, 0.1) is 5.95 Å². The Labute approximate surface area is 170 Å². The molecule has 156 valence electrons. The highest BCUT2D eigenvalue weighted by Crippen LogP contribution is 2.40. The number of carbonyl (C=O) groups is 1. The summed E-state index contributed by atoms with van der Waals surface area (Å²) in [7, 11) is 5.37. The van der Waals surface area contributed by atoms with Gasteiger partial charge in [0.2, 0.25) is 5.95 Å². The molecule has 1 aromatic heterocycles. The van der Waals surface area contributed by atoms with Gasteiger partial charge in [0.05, 0.1) is 6.04 Å². The van der Waals surface area contributed by atoms with Crippen molar-refractivity contribution in [2.75, 3.05) is 27.8 Å². The predicted octanol–water partition coefficient (Wildman–Crippen LogP) is 2.81. The molecule has 0 aliphatic carbocycles. The minimum absolute atomic E-state index is 0.0119. The standard InChI is InChI=1S/C20H25FN4O2.CH2O/c1-25(2)20(22)24-17-12-14(8-10-26-3)27-18-7-6-13(11-16(17)18)15-5-4-9-23-19(15)21;1-2/h4-7,9,11,14,17H,8,10,12H2,1-3H3,(H2,22,24);1H2/t14-,17+;/m0./s1. The summed E-state index contributed by atoms with van der Waals surface area (Å²) in [4.78, 5) is 18.2. The zero-order valence-corrected chi connectivity index (χ0v) is 17.0. The van der Waals surface area contributed by atoms with Gasteiger partial charge in [-0.1, -0.05) is 6.07 Å². The highest BCUT2D eigenvalue weighted by Gasteiger charge is 2.29. The number of methoxy groups -OCH3 is 1. The van der Waals surface area contributed by atoms with Gasteiger partial charge in [0.25, 0.3) is 0 Å². The van der Waals surface area contributed by atoms with Gasteiger partial charge in [-0.25, -0.2) is 9.98 Å². The van der Waals surface area contributed by atoms with E-state index in [2.05, 4.69) is 9.98 Å². The number of fused-ring (bicyclic) bond motifs is 1. The van der Waals surface area contributed by atoms with Crippen molar-refractivity contribution >= 4 is 12.7 Å². The van der Waals surface area contributed by atoms with Crippen LogP contribution in [0.15, 0.2) is 41.5 Å². The third-order valence-electron chi connectivity index (χ3n) is 4.61. The number of hydrogen-bond donors (Lipinski definition) is 1. The minimum Gasteiger partial charge on any atom is -0.490 e. The molecular formula is C21H27FN4O3. The van der Waals surface area contributed by atoms with Crippen molar-refractivity contribution in [2.45, 2.75) is 25.0 Å². The number of aliphatic imine (C=N–C) groups is 1. The summed E-state index contributed by atoms with van der Waals surface area (Å²) in [5, 5.41) is 0. The lowest BCUT2D eigenvalue weighted by atomic mass is 9.92. The minimum atomic E-state index is -0.500. The van der Waals surface area contributed by atoms with E-state index in [1.165, 1.54) is 6.20 Å². The number of halogens is 1. The van der Waals surface area contributed by atoms with Crippen LogP contribution >= 0.6 is 0 Å². The number of nitrogens with two attached hydrogens (primary N) is 1. The fraction of sp³-hybridized carbons (Fsp3) is 0.381. The normalized spacial score (nSPS) is 18.1. The van der Waals surface area contributed by atoms with Gasteiger partial charge in [-0.2, -0.15) is 4.39 Å². The third-order valence-corrected chi connectivity index (χ3v) is 4.61. The summed E-state index contributed by atoms with van der Waals surface area (Å²) < 4.78 is 25.4. The Kier molecular flexibility index (Phi) is 8.09. The van der Waals surface area contributed by atoms with Crippen LogP contribution in [-0.2, 0) is 9.53 Å². The molecule has 0 unspecified atom stereocenters. The molecule has 29 heavy (non-hydrogen) atoms. The Morgan fingerprint density at radius 3 is 2.83 bits per heavy atom. The first kappa shape index (κ1) is 22.3. The number of hydrogen-bond acceptors (Lipinski definition) is 5. The second kappa shape index (κ2) is 10.5. The highest BCUT2D eigenvalue weighted by molar-refractivity contribution is 5.78. The maximum Gasteiger partial charge on any atom is 0.220 e. The molecule has 0 bridgehead atoms. The molecule has 2 heterocycles. The summed E-state index contributed by atoms with van der Waals surface area (Å²) in [6.45, 7) is 2.61. The van der Waals surface area contributed by atoms with E-state index in [1.54, 1.807) is 24.1 Å². The van der Waals surface area contributed by atoms with Crippen LogP contribution in [0.3, 0.4) is 0 Å². The first-order chi connectivity index (χ1) is 14.0. The van der Waals surface area contributed by atoms with Gasteiger partial charge in [0, 0.05) is 58.0 Å². The number of aromatic nitrogens is 1. The number of pyridine rings is 1. The van der Waals surface area contributed by atoms with Gasteiger partial charge in [0.15, 0.2) is 5.96 Å². The average molecular weight is 402 g/mol. The monoisotopic (exact) mass is 402 g/mol. The largest absolute Gasteiger partial charge is 0.490 e. The summed E-state index contributed by atoms with van der Waals surface area (Å²) in [5.74, 6) is 0.687. The molecule has 1 aromatic carbocycles. The Morgan fingerprint density at radius 1 is 1.41 bits per heavy atom. The van der Waals surface area contributed by atoms with Crippen molar-refractivity contribution in [3.8, 4) is 16.9 Å². The summed E-state index contributed by atoms with van der Waals surface area (Å²) in [6, 6.07) is 8.88. The molecule has 2 atom stereocenters. The molecule has 0 saturated heterocycles. The maximum absolute atomic E-state index is 14.1. The second-order valence-electron chi connectivity index (χ2n) is 6.75. The first-order valence-corrected chi connectivity index (χ1v) is 9.19. The lowest BCUT2D eigenvalue weighted by Gasteiger charge is -2.31. The molecule has 1 aliphatic rings. The fourth-order valence-corrected chi connectivity index (χ4v) is 3.11. The fourth-order valence-electron chi connectivity index (χ4n) is 3.11. The van der Waals surface area contributed by atoms with Gasteiger partial charge < -0.3 is 24.9 Å². The highest BCUT2D eigenvalue weighted by atomic mass is 19.1. The Balaban J connectivity index is 0.00000145. The van der Waals surface area contributed by atoms with Crippen molar-refractivity contribution < 1.29 is 18.7 Å². The van der Waals surface area contributed by atoms with Crippen LogP contribution in [0.25, 0.3) is 11.1 Å². The molecule has 2 aromatic rings. The summed E-state index contributed by atoms with van der Waals surface area (Å²) >= 11 is 0. The third kappa shape index (κ3) is 5.51. The van der Waals surface area contributed by atoms with E-state index in [0.29, 0.717) is 24.6 Å². The van der Waals surface area contributed by atoms with Crippen LogP contribution in [0.1, 0.15) is 24.4 Å². The molecule has 1 aliphatic heterocycles. The van der Waals surface area contributed by atoms with Gasteiger partial charge in [-0.05, 0) is 29.8 Å². The number of ether oxygens (including phenoxy) is 2. The molecule has 0 saturated carbocycles. The summed E-state index contributed by atoms with van der Waals surface area (Å²) in [6.07, 6.45) is 2.88. The van der Waals surface area contributed by atoms with Gasteiger partial charge >= 0.3 is 0 Å². The molecule has 2 N–H and O–H groups in total. The summed E-state index contributed by atoms with van der Waals surface area (Å²) in [5.41, 5.74) is 8.15. The van der Waals surface area contributed by atoms with E-state index in [1.807, 2.05) is 39.1 Å². The molecule has 3 rings (SSSR count). The van der Waals surface area contributed by atoms with Crippen molar-refractivity contribution in [1.82, 2.24) is 9.88 Å². The molecule has 0 fully saturated rings. The first-order valence-electron chi connectivity index (χ1n) is 9.19. The van der Waals surface area contributed by atoms with Crippen LogP contribution in [0.4, 0.5) is 4.39 Å². The van der Waals surface area contributed by atoms with Gasteiger partial charge in [0.1, 0.15) is 18.6 Å². The van der Waals surface area contributed by atoms with Crippen molar-refractivity contribution in [3.05, 3.63) is 48.0 Å². The molecule has 0 amide bonds. The van der Waals surface area contributed by atoms with E-state index in [0.717, 1.165) is 23.3 Å². The smallest absolute Gasteiger partial charge is 0.220 e. The number of rotatable bonds is 5. The van der Waals surface area contributed by atoms with E-state index in [4.69, 9.17) is 20.0 Å². The zero-order valence-electron chi connectivity index (χ0n) is 17.0. The molecule has 7 nitrogen and oxygen atoms in total. The second-order valence-corrected chi connectivity index (χ2v) is 6.75. The molecule has 8 heteroatoms. The van der Waals surface area contributed by atoms with E-state index in [-0.39, 0.29) is 12.1 Å². The van der Waals surface area contributed by atoms with Gasteiger partial charge in [-0.15, -0.1) is 0 Å². The topological polar surface area (TPSA) is 90.0 Å². The molecule has 0 spiro atoms. The van der Waals surface area contributed by atoms with Gasteiger partial charge in [-0.3, -0.25) is 0 Å². The predicted molar refractivity (Wildman–Crippen MR) is 110 cm³/mol. The van der Waals surface area contributed by atoms with Crippen LogP contribution in [-0.4, -0.2) is 56.5 Å². The van der Waals surface area contributed by atoms with E-state index < -0.39 is 5.95 Å². The van der Waals surface area contributed by atoms with Crippen molar-refractivity contribution in [3.63, 3.8) is 0 Å². The Hall–Kier alpha value is -3.00. The molecule has 0 radical (unpaired) electrons. The number of carbonyl (C=O) groups excluding carboxylic acids is 1. The SMILES string of the molecule is C=O.COCC[C@H]1C[C@@H](N=C(N)N(C)C)c2cc(-c3cccnc3F)ccc2O1. The average Bonchev–Trinajstić information content (AvgIpc) is 2.73. The Bertz CT molecular complexity index is 844. The van der Waals surface area contributed by atoms with Crippen LogP contribution in [0.2, 0.25) is 0 Å².